The molecule has 0 saturated carbocycles. The number of likely N-dealkylation sites (tertiary alicyclic amines) is 1. The number of amides is 2. The smallest absolute Gasteiger partial charge is 0.225 e. The maximum Gasteiger partial charge on any atom is 0.225 e. The van der Waals surface area contributed by atoms with E-state index in [1.54, 1.807) is 0 Å². The molecule has 2 rings (SSSR count). The second kappa shape index (κ2) is 8.71. The molecule has 2 amide bonds. The second-order valence-electron chi connectivity index (χ2n) is 6.60. The maximum absolute atomic E-state index is 12.4. The monoisotopic (exact) mass is 331 g/mol. The third-order valence-corrected chi connectivity index (χ3v) is 4.85. The molecule has 5 nitrogen and oxygen atoms in total. The van der Waals surface area contributed by atoms with Gasteiger partial charge in [0.1, 0.15) is 0 Å². The average Bonchev–Trinajstić information content (AvgIpc) is 2.58. The zero-order chi connectivity index (χ0) is 17.5. The lowest BCUT2D eigenvalue weighted by atomic mass is 9.98. The number of nitrogen functional groups attached to an aromatic ring is 1. The van der Waals surface area contributed by atoms with Crippen LogP contribution >= 0.6 is 0 Å². The van der Waals surface area contributed by atoms with Gasteiger partial charge < -0.3 is 16.0 Å². The average molecular weight is 331 g/mol. The van der Waals surface area contributed by atoms with Crippen LogP contribution in [0.25, 0.3) is 0 Å². The molecule has 1 aromatic carbocycles. The fourth-order valence-electron chi connectivity index (χ4n) is 3.24. The summed E-state index contributed by atoms with van der Waals surface area (Å²) < 4.78 is 0. The summed E-state index contributed by atoms with van der Waals surface area (Å²) in [5.74, 6) is 0.442. The van der Waals surface area contributed by atoms with Gasteiger partial charge in [-0.2, -0.15) is 0 Å². The Morgan fingerprint density at radius 3 is 2.29 bits per heavy atom. The van der Waals surface area contributed by atoms with Crippen molar-refractivity contribution in [2.75, 3.05) is 18.8 Å². The number of benzene rings is 1. The van der Waals surface area contributed by atoms with E-state index in [4.69, 9.17) is 5.73 Å². The van der Waals surface area contributed by atoms with Crippen LogP contribution in [0.4, 0.5) is 5.69 Å². The van der Waals surface area contributed by atoms with Gasteiger partial charge in [0, 0.05) is 30.7 Å². The lowest BCUT2D eigenvalue weighted by molar-refractivity contribution is -0.137. The van der Waals surface area contributed by atoms with Crippen molar-refractivity contribution in [2.24, 2.45) is 5.92 Å². The van der Waals surface area contributed by atoms with E-state index in [1.165, 1.54) is 0 Å². The largest absolute Gasteiger partial charge is 0.399 e. The second-order valence-corrected chi connectivity index (χ2v) is 6.60. The number of nitrogens with two attached hydrogens (primary N) is 1. The lowest BCUT2D eigenvalue weighted by Crippen LogP contribution is -2.48. The van der Waals surface area contributed by atoms with Crippen LogP contribution in [0.3, 0.4) is 0 Å². The highest BCUT2D eigenvalue weighted by molar-refractivity contribution is 5.80. The van der Waals surface area contributed by atoms with Gasteiger partial charge in [0.25, 0.3) is 0 Å². The van der Waals surface area contributed by atoms with Crippen LogP contribution in [-0.2, 0) is 16.0 Å². The van der Waals surface area contributed by atoms with Gasteiger partial charge in [-0.15, -0.1) is 0 Å². The van der Waals surface area contributed by atoms with Gasteiger partial charge in [-0.1, -0.05) is 26.0 Å². The molecule has 0 radical (unpaired) electrons. The first-order valence-electron chi connectivity index (χ1n) is 8.96. The highest BCUT2D eigenvalue weighted by atomic mass is 16.2. The minimum absolute atomic E-state index is 0.0320. The van der Waals surface area contributed by atoms with Crippen molar-refractivity contribution in [1.29, 1.82) is 0 Å². The van der Waals surface area contributed by atoms with Crippen molar-refractivity contribution < 1.29 is 9.59 Å². The number of anilines is 1. The molecular weight excluding hydrogens is 302 g/mol. The van der Waals surface area contributed by atoms with E-state index < -0.39 is 0 Å². The van der Waals surface area contributed by atoms with Crippen LogP contribution in [-0.4, -0.2) is 35.8 Å². The molecule has 24 heavy (non-hydrogen) atoms. The van der Waals surface area contributed by atoms with E-state index in [9.17, 15) is 9.59 Å². The number of carbonyl (C=O) groups excluding carboxylic acids is 2. The zero-order valence-corrected chi connectivity index (χ0v) is 14.8. The molecule has 0 aliphatic carbocycles. The summed E-state index contributed by atoms with van der Waals surface area (Å²) in [5.41, 5.74) is 7.32. The molecule has 0 bridgehead atoms. The summed E-state index contributed by atoms with van der Waals surface area (Å²) in [5, 5.41) is 3.09. The molecule has 1 aliphatic rings. The Labute approximate surface area is 144 Å². The molecule has 1 fully saturated rings. The fourth-order valence-corrected chi connectivity index (χ4v) is 3.24. The van der Waals surface area contributed by atoms with E-state index in [2.05, 4.69) is 19.2 Å². The Morgan fingerprint density at radius 1 is 1.17 bits per heavy atom. The van der Waals surface area contributed by atoms with Crippen molar-refractivity contribution in [3.8, 4) is 0 Å². The van der Waals surface area contributed by atoms with E-state index in [0.29, 0.717) is 12.1 Å². The molecule has 132 valence electrons. The number of carbonyl (C=O) groups is 2. The van der Waals surface area contributed by atoms with Gasteiger partial charge in [0.15, 0.2) is 0 Å². The van der Waals surface area contributed by atoms with E-state index >= 15 is 0 Å². The lowest BCUT2D eigenvalue weighted by Gasteiger charge is -2.34. The minimum Gasteiger partial charge on any atom is -0.399 e. The number of nitrogens with zero attached hydrogens (tertiary/aromatic N) is 1. The van der Waals surface area contributed by atoms with Gasteiger partial charge in [-0.3, -0.25) is 9.59 Å². The summed E-state index contributed by atoms with van der Waals surface area (Å²) in [6.07, 6.45) is 3.83. The molecule has 0 spiro atoms. The number of rotatable bonds is 6. The zero-order valence-electron chi connectivity index (χ0n) is 14.8. The predicted octanol–water partition coefficient (Wildman–Crippen LogP) is 2.35. The topological polar surface area (TPSA) is 75.4 Å². The van der Waals surface area contributed by atoms with Gasteiger partial charge in [-0.25, -0.2) is 0 Å². The molecule has 0 unspecified atom stereocenters. The molecule has 0 aromatic heterocycles. The molecule has 5 heteroatoms. The number of hydrogen-bond acceptors (Lipinski definition) is 3. The summed E-state index contributed by atoms with van der Waals surface area (Å²) in [6, 6.07) is 7.55. The van der Waals surface area contributed by atoms with Crippen LogP contribution in [0.2, 0.25) is 0 Å². The standard InChI is InChI=1S/C19H29N3O2/c1-3-15(4-2)19(24)22-11-9-17(10-12-22)21-18(23)13-14-5-7-16(20)8-6-14/h5-8,15,17H,3-4,9-13,20H2,1-2H3,(H,21,23). The van der Waals surface area contributed by atoms with Gasteiger partial charge in [0.05, 0.1) is 6.42 Å². The first kappa shape index (κ1) is 18.3. The number of hydrogen-bond donors (Lipinski definition) is 2. The fraction of sp³-hybridized carbons (Fsp3) is 0.579. The first-order chi connectivity index (χ1) is 11.5. The third-order valence-electron chi connectivity index (χ3n) is 4.85. The Kier molecular flexibility index (Phi) is 6.64. The Balaban J connectivity index is 1.77. The van der Waals surface area contributed by atoms with E-state index in [0.717, 1.165) is 44.3 Å². The summed E-state index contributed by atoms with van der Waals surface area (Å²) in [4.78, 5) is 26.5. The van der Waals surface area contributed by atoms with Crippen LogP contribution in [0.1, 0.15) is 45.1 Å². The van der Waals surface area contributed by atoms with Crippen LogP contribution in [0.15, 0.2) is 24.3 Å². The van der Waals surface area contributed by atoms with Gasteiger partial charge in [-0.05, 0) is 43.4 Å². The van der Waals surface area contributed by atoms with E-state index in [1.807, 2.05) is 29.2 Å². The highest BCUT2D eigenvalue weighted by Crippen LogP contribution is 2.17. The summed E-state index contributed by atoms with van der Waals surface area (Å²) in [6.45, 7) is 5.61. The van der Waals surface area contributed by atoms with Crippen LogP contribution in [0.5, 0.6) is 0 Å². The third kappa shape index (κ3) is 4.98. The summed E-state index contributed by atoms with van der Waals surface area (Å²) >= 11 is 0. The Bertz CT molecular complexity index is 544. The SMILES string of the molecule is CCC(CC)C(=O)N1CCC(NC(=O)Cc2ccc(N)cc2)CC1. The number of piperidine rings is 1. The van der Waals surface area contributed by atoms with Crippen molar-refractivity contribution in [3.63, 3.8) is 0 Å². The number of nitrogens with one attached hydrogen (secondary N) is 1. The maximum atomic E-state index is 12.4. The van der Waals surface area contributed by atoms with Crippen molar-refractivity contribution in [3.05, 3.63) is 29.8 Å². The molecule has 1 saturated heterocycles. The molecule has 0 atom stereocenters. The van der Waals surface area contributed by atoms with Gasteiger partial charge >= 0.3 is 0 Å². The summed E-state index contributed by atoms with van der Waals surface area (Å²) in [7, 11) is 0. The quantitative estimate of drug-likeness (QED) is 0.786. The molecule has 1 aliphatic heterocycles. The first-order valence-corrected chi connectivity index (χ1v) is 8.96. The van der Waals surface area contributed by atoms with Crippen molar-refractivity contribution in [1.82, 2.24) is 10.2 Å². The van der Waals surface area contributed by atoms with Gasteiger partial charge in [0.2, 0.25) is 11.8 Å². The van der Waals surface area contributed by atoms with Crippen molar-refractivity contribution >= 4 is 17.5 Å². The molecule has 1 aromatic rings. The molecule has 1 heterocycles. The van der Waals surface area contributed by atoms with Crippen molar-refractivity contribution in [2.45, 2.75) is 52.0 Å². The normalized spacial score (nSPS) is 15.5. The van der Waals surface area contributed by atoms with Crippen LogP contribution < -0.4 is 11.1 Å². The Morgan fingerprint density at radius 2 is 1.75 bits per heavy atom. The molecule has 3 N–H and O–H groups in total. The Hall–Kier alpha value is -2.04. The highest BCUT2D eigenvalue weighted by Gasteiger charge is 2.27. The van der Waals surface area contributed by atoms with Crippen LogP contribution in [0, 0.1) is 5.92 Å². The van der Waals surface area contributed by atoms with E-state index in [-0.39, 0.29) is 23.8 Å². The predicted molar refractivity (Wildman–Crippen MR) is 96.4 cm³/mol. The molecular formula is C19H29N3O2. The minimum atomic E-state index is 0.0320.